The van der Waals surface area contributed by atoms with Gasteiger partial charge in [-0.2, -0.15) is 0 Å². The van der Waals surface area contributed by atoms with Crippen LogP contribution in [0.5, 0.6) is 0 Å². The number of carbonyl (C=O) groups excluding carboxylic acids is 3. The minimum Gasteiger partial charge on any atom is -0.378 e. The molecule has 3 aliphatic rings. The molecule has 1 N–H and O–H groups in total. The van der Waals surface area contributed by atoms with Gasteiger partial charge in [0.2, 0.25) is 5.91 Å². The number of morpholine rings is 1. The molecule has 2 heterocycles. The van der Waals surface area contributed by atoms with Crippen LogP contribution in [0.2, 0.25) is 0 Å². The highest BCUT2D eigenvalue weighted by Gasteiger charge is 2.54. The number of fused-ring (bicyclic) bond motifs is 2. The Bertz CT molecular complexity index is 1110. The number of ether oxygens (including phenoxy) is 1. The van der Waals surface area contributed by atoms with E-state index < -0.39 is 11.6 Å². The van der Waals surface area contributed by atoms with Crippen LogP contribution in [-0.4, -0.2) is 67.5 Å². The number of aryl methyl sites for hydroxylation is 1. The van der Waals surface area contributed by atoms with Crippen LogP contribution in [0.15, 0.2) is 48.5 Å². The predicted molar refractivity (Wildman–Crippen MR) is 127 cm³/mol. The third-order valence-corrected chi connectivity index (χ3v) is 7.12. The SMILES string of the molecule is CN(Cc1ccccc1N1CCOCC1)C(=O)CN1C(=O)NC2(CCCc3ccccc32)C1=O. The molecule has 0 bridgehead atoms. The van der Waals surface area contributed by atoms with Gasteiger partial charge in [-0.1, -0.05) is 42.5 Å². The summed E-state index contributed by atoms with van der Waals surface area (Å²) in [6.07, 6.45) is 2.23. The summed E-state index contributed by atoms with van der Waals surface area (Å²) >= 11 is 0. The number of hydrogen-bond acceptors (Lipinski definition) is 5. The first-order chi connectivity index (χ1) is 16.5. The molecule has 1 aliphatic carbocycles. The van der Waals surface area contributed by atoms with Gasteiger partial charge in [-0.05, 0) is 42.0 Å². The lowest BCUT2D eigenvalue weighted by Gasteiger charge is -2.33. The number of hydrogen-bond donors (Lipinski definition) is 1. The molecule has 8 nitrogen and oxygen atoms in total. The van der Waals surface area contributed by atoms with Crippen LogP contribution in [-0.2, 0) is 32.8 Å². The topological polar surface area (TPSA) is 82.2 Å². The molecule has 1 atom stereocenters. The molecule has 2 fully saturated rings. The van der Waals surface area contributed by atoms with Gasteiger partial charge in [0.15, 0.2) is 0 Å². The first-order valence-corrected chi connectivity index (χ1v) is 11.9. The van der Waals surface area contributed by atoms with E-state index >= 15 is 0 Å². The maximum atomic E-state index is 13.5. The van der Waals surface area contributed by atoms with E-state index in [-0.39, 0.29) is 18.4 Å². The number of likely N-dealkylation sites (N-methyl/N-ethyl adjacent to an activating group) is 1. The Morgan fingerprint density at radius 2 is 1.82 bits per heavy atom. The van der Waals surface area contributed by atoms with Crippen molar-refractivity contribution in [3.05, 3.63) is 65.2 Å². The lowest BCUT2D eigenvalue weighted by Crippen LogP contribution is -2.47. The Morgan fingerprint density at radius 3 is 2.65 bits per heavy atom. The summed E-state index contributed by atoms with van der Waals surface area (Å²) in [5, 5.41) is 2.92. The molecule has 0 aromatic heterocycles. The van der Waals surface area contributed by atoms with Crippen molar-refractivity contribution in [2.75, 3.05) is 44.8 Å². The van der Waals surface area contributed by atoms with E-state index in [0.717, 1.165) is 53.2 Å². The molecule has 178 valence electrons. The molecule has 5 rings (SSSR count). The van der Waals surface area contributed by atoms with Gasteiger partial charge in [-0.25, -0.2) is 4.79 Å². The summed E-state index contributed by atoms with van der Waals surface area (Å²) in [5.41, 5.74) is 2.97. The zero-order chi connectivity index (χ0) is 23.7. The second-order valence-corrected chi connectivity index (χ2v) is 9.22. The summed E-state index contributed by atoms with van der Waals surface area (Å²) in [4.78, 5) is 44.4. The van der Waals surface area contributed by atoms with Crippen molar-refractivity contribution in [3.8, 4) is 0 Å². The van der Waals surface area contributed by atoms with Crippen LogP contribution in [0.3, 0.4) is 0 Å². The molecule has 0 radical (unpaired) electrons. The quantitative estimate of drug-likeness (QED) is 0.690. The van der Waals surface area contributed by atoms with Crippen molar-refractivity contribution in [3.63, 3.8) is 0 Å². The monoisotopic (exact) mass is 462 g/mol. The Kier molecular flexibility index (Phi) is 6.00. The molecule has 2 aliphatic heterocycles. The molecule has 8 heteroatoms. The minimum absolute atomic E-state index is 0.273. The zero-order valence-electron chi connectivity index (χ0n) is 19.5. The fourth-order valence-electron chi connectivity index (χ4n) is 5.31. The standard InChI is InChI=1S/C26H30N4O4/c1-28(17-20-8-3-5-11-22(20)29-13-15-34-16-14-29)23(31)18-30-24(32)26(27-25(30)33)12-6-9-19-7-2-4-10-21(19)26/h2-5,7-8,10-11H,6,9,12-18H2,1H3,(H,27,33). The lowest BCUT2D eigenvalue weighted by atomic mass is 9.76. The number of anilines is 1. The van der Waals surface area contributed by atoms with Crippen LogP contribution < -0.4 is 10.2 Å². The Hall–Kier alpha value is -3.39. The smallest absolute Gasteiger partial charge is 0.325 e. The Labute approximate surface area is 199 Å². The van der Waals surface area contributed by atoms with Crippen molar-refractivity contribution >= 4 is 23.5 Å². The Balaban J connectivity index is 1.30. The summed E-state index contributed by atoms with van der Waals surface area (Å²) in [5.74, 6) is -0.610. The minimum atomic E-state index is -1.06. The number of urea groups is 1. The number of para-hydroxylation sites is 1. The number of nitrogens with one attached hydrogen (secondary N) is 1. The van der Waals surface area contributed by atoms with Crippen LogP contribution in [0.1, 0.15) is 29.5 Å². The van der Waals surface area contributed by atoms with Crippen LogP contribution >= 0.6 is 0 Å². The van der Waals surface area contributed by atoms with E-state index in [0.29, 0.717) is 26.2 Å². The van der Waals surface area contributed by atoms with E-state index in [9.17, 15) is 14.4 Å². The second-order valence-electron chi connectivity index (χ2n) is 9.22. The molecule has 2 saturated heterocycles. The average Bonchev–Trinajstić information content (AvgIpc) is 3.09. The summed E-state index contributed by atoms with van der Waals surface area (Å²) in [6, 6.07) is 15.3. The van der Waals surface area contributed by atoms with Crippen molar-refractivity contribution < 1.29 is 19.1 Å². The van der Waals surface area contributed by atoms with E-state index in [1.807, 2.05) is 42.5 Å². The maximum absolute atomic E-state index is 13.5. The fraction of sp³-hybridized carbons (Fsp3) is 0.423. The number of nitrogens with zero attached hydrogens (tertiary/aromatic N) is 3. The van der Waals surface area contributed by atoms with Gasteiger partial charge in [0, 0.05) is 32.4 Å². The summed E-state index contributed by atoms with van der Waals surface area (Å²) in [6.45, 7) is 3.09. The fourth-order valence-corrected chi connectivity index (χ4v) is 5.31. The Morgan fingerprint density at radius 1 is 1.09 bits per heavy atom. The number of carbonyl (C=O) groups is 3. The van der Waals surface area contributed by atoms with Gasteiger partial charge in [-0.3, -0.25) is 14.5 Å². The summed E-state index contributed by atoms with van der Waals surface area (Å²) < 4.78 is 5.46. The molecule has 1 unspecified atom stereocenters. The van der Waals surface area contributed by atoms with Gasteiger partial charge >= 0.3 is 6.03 Å². The van der Waals surface area contributed by atoms with Crippen molar-refractivity contribution in [1.82, 2.24) is 15.1 Å². The second kappa shape index (κ2) is 9.10. The summed E-state index contributed by atoms with van der Waals surface area (Å²) in [7, 11) is 1.71. The molecule has 1 spiro atoms. The van der Waals surface area contributed by atoms with Crippen molar-refractivity contribution in [2.45, 2.75) is 31.3 Å². The highest BCUT2D eigenvalue weighted by molar-refractivity contribution is 6.09. The molecular weight excluding hydrogens is 432 g/mol. The maximum Gasteiger partial charge on any atom is 0.325 e. The molecule has 4 amide bonds. The van der Waals surface area contributed by atoms with E-state index in [4.69, 9.17) is 4.74 Å². The number of amides is 4. The number of imide groups is 1. The van der Waals surface area contributed by atoms with Crippen molar-refractivity contribution in [2.24, 2.45) is 0 Å². The highest BCUT2D eigenvalue weighted by atomic mass is 16.5. The van der Waals surface area contributed by atoms with Crippen LogP contribution in [0.4, 0.5) is 10.5 Å². The molecule has 0 saturated carbocycles. The first kappa shape index (κ1) is 22.4. The third kappa shape index (κ3) is 3.92. The largest absolute Gasteiger partial charge is 0.378 e. The van der Waals surface area contributed by atoms with Gasteiger partial charge < -0.3 is 19.9 Å². The highest BCUT2D eigenvalue weighted by Crippen LogP contribution is 2.39. The molecule has 2 aromatic carbocycles. The molecule has 34 heavy (non-hydrogen) atoms. The van der Waals surface area contributed by atoms with Gasteiger partial charge in [0.25, 0.3) is 5.91 Å². The molecule has 2 aromatic rings. The van der Waals surface area contributed by atoms with Gasteiger partial charge in [0.05, 0.1) is 13.2 Å². The number of rotatable bonds is 5. The third-order valence-electron chi connectivity index (χ3n) is 7.12. The normalized spacial score (nSPS) is 22.0. The predicted octanol–water partition coefficient (Wildman–Crippen LogP) is 2.27. The first-order valence-electron chi connectivity index (χ1n) is 11.9. The average molecular weight is 463 g/mol. The lowest BCUT2D eigenvalue weighted by molar-refractivity contribution is -0.139. The van der Waals surface area contributed by atoms with E-state index in [1.165, 1.54) is 0 Å². The van der Waals surface area contributed by atoms with Gasteiger partial charge in [0.1, 0.15) is 12.1 Å². The zero-order valence-corrected chi connectivity index (χ0v) is 19.5. The number of benzene rings is 2. The van der Waals surface area contributed by atoms with Crippen LogP contribution in [0, 0.1) is 0 Å². The van der Waals surface area contributed by atoms with E-state index in [1.54, 1.807) is 11.9 Å². The molecular formula is C26H30N4O4. The van der Waals surface area contributed by atoms with E-state index in [2.05, 4.69) is 16.3 Å². The van der Waals surface area contributed by atoms with Gasteiger partial charge in [-0.15, -0.1) is 0 Å². The van der Waals surface area contributed by atoms with Crippen molar-refractivity contribution in [1.29, 1.82) is 0 Å². The van der Waals surface area contributed by atoms with Crippen LogP contribution in [0.25, 0.3) is 0 Å².